The predicted molar refractivity (Wildman–Crippen MR) is 123 cm³/mol. The number of ether oxygens (including phenoxy) is 2. The van der Waals surface area contributed by atoms with Crippen molar-refractivity contribution in [1.82, 2.24) is 15.3 Å². The summed E-state index contributed by atoms with van der Waals surface area (Å²) < 4.78 is 11.1. The molecule has 1 N–H and O–H groups in total. The molecular formula is C25H20ClN3O3. The maximum absolute atomic E-state index is 12.6. The second kappa shape index (κ2) is 9.94. The van der Waals surface area contributed by atoms with Crippen LogP contribution in [0.2, 0.25) is 5.02 Å². The summed E-state index contributed by atoms with van der Waals surface area (Å²) in [5, 5.41) is 3.57. The Morgan fingerprint density at radius 3 is 2.56 bits per heavy atom. The first-order valence-electron chi connectivity index (χ1n) is 9.89. The first-order chi connectivity index (χ1) is 15.6. The van der Waals surface area contributed by atoms with E-state index in [9.17, 15) is 4.79 Å². The van der Waals surface area contributed by atoms with Crippen molar-refractivity contribution in [2.45, 2.75) is 6.54 Å². The number of carbonyl (C=O) groups is 1. The second-order valence-corrected chi connectivity index (χ2v) is 7.33. The zero-order valence-electron chi connectivity index (χ0n) is 17.3. The molecular weight excluding hydrogens is 426 g/mol. The van der Waals surface area contributed by atoms with E-state index in [4.69, 9.17) is 21.1 Å². The lowest BCUT2D eigenvalue weighted by Crippen LogP contribution is -2.22. The molecule has 4 aromatic rings. The van der Waals surface area contributed by atoms with E-state index in [2.05, 4.69) is 15.3 Å². The van der Waals surface area contributed by atoms with Gasteiger partial charge in [-0.1, -0.05) is 41.9 Å². The molecule has 0 saturated heterocycles. The number of aromatic nitrogens is 2. The Labute approximate surface area is 190 Å². The SMILES string of the molecule is COc1cccc(Oc2ccnc(-c3cccc(C(=O)NCc4ccc(Cl)cc4)c3)n2)c1. The Hall–Kier alpha value is -3.90. The minimum absolute atomic E-state index is 0.189. The number of methoxy groups -OCH3 is 1. The molecule has 0 saturated carbocycles. The van der Waals surface area contributed by atoms with E-state index in [-0.39, 0.29) is 5.91 Å². The summed E-state index contributed by atoms with van der Waals surface area (Å²) >= 11 is 5.90. The molecule has 0 atom stereocenters. The monoisotopic (exact) mass is 445 g/mol. The van der Waals surface area contributed by atoms with Gasteiger partial charge in [0, 0.05) is 41.0 Å². The molecule has 1 heterocycles. The fourth-order valence-electron chi connectivity index (χ4n) is 3.01. The van der Waals surface area contributed by atoms with Gasteiger partial charge in [-0.3, -0.25) is 4.79 Å². The molecule has 0 radical (unpaired) electrons. The third-order valence-corrected chi connectivity index (χ3v) is 4.89. The molecule has 0 aliphatic carbocycles. The highest BCUT2D eigenvalue weighted by Gasteiger charge is 2.10. The fraction of sp³-hybridized carbons (Fsp3) is 0.0800. The number of nitrogens with zero attached hydrogens (tertiary/aromatic N) is 2. The van der Waals surface area contributed by atoms with Crippen molar-refractivity contribution in [1.29, 1.82) is 0 Å². The number of carbonyl (C=O) groups excluding carboxylic acids is 1. The van der Waals surface area contributed by atoms with Crippen LogP contribution in [0.1, 0.15) is 15.9 Å². The molecule has 32 heavy (non-hydrogen) atoms. The van der Waals surface area contributed by atoms with Crippen LogP contribution in [0.4, 0.5) is 0 Å². The van der Waals surface area contributed by atoms with Crippen LogP contribution in [0.25, 0.3) is 11.4 Å². The Kier molecular flexibility index (Phi) is 6.63. The van der Waals surface area contributed by atoms with E-state index in [0.717, 1.165) is 5.56 Å². The summed E-state index contributed by atoms with van der Waals surface area (Å²) in [6.07, 6.45) is 1.62. The number of hydrogen-bond acceptors (Lipinski definition) is 5. The van der Waals surface area contributed by atoms with E-state index in [0.29, 0.717) is 45.9 Å². The fourth-order valence-corrected chi connectivity index (χ4v) is 3.14. The average molecular weight is 446 g/mol. The lowest BCUT2D eigenvalue weighted by Gasteiger charge is -2.09. The van der Waals surface area contributed by atoms with E-state index < -0.39 is 0 Å². The third-order valence-electron chi connectivity index (χ3n) is 4.64. The summed E-state index contributed by atoms with van der Waals surface area (Å²) in [5.74, 6) is 1.95. The van der Waals surface area contributed by atoms with Crippen molar-refractivity contribution >= 4 is 17.5 Å². The van der Waals surface area contributed by atoms with Gasteiger partial charge in [-0.05, 0) is 42.0 Å². The smallest absolute Gasteiger partial charge is 0.251 e. The largest absolute Gasteiger partial charge is 0.497 e. The quantitative estimate of drug-likeness (QED) is 0.405. The number of halogens is 1. The average Bonchev–Trinajstić information content (AvgIpc) is 2.84. The number of benzene rings is 3. The van der Waals surface area contributed by atoms with Crippen LogP contribution in [0, 0.1) is 0 Å². The normalized spacial score (nSPS) is 10.4. The Balaban J connectivity index is 1.48. The van der Waals surface area contributed by atoms with Crippen LogP contribution < -0.4 is 14.8 Å². The summed E-state index contributed by atoms with van der Waals surface area (Å²) in [6.45, 7) is 0.403. The molecule has 0 bridgehead atoms. The zero-order valence-corrected chi connectivity index (χ0v) is 18.0. The Morgan fingerprint density at radius 1 is 0.969 bits per heavy atom. The lowest BCUT2D eigenvalue weighted by atomic mass is 10.1. The first-order valence-corrected chi connectivity index (χ1v) is 10.3. The standard InChI is InChI=1S/C25H20ClN3O3/c1-31-21-6-3-7-22(15-21)32-23-12-13-27-24(29-23)18-4-2-5-19(14-18)25(30)28-16-17-8-10-20(26)11-9-17/h2-15H,16H2,1H3,(H,28,30). The highest BCUT2D eigenvalue weighted by atomic mass is 35.5. The van der Waals surface area contributed by atoms with Gasteiger partial charge in [-0.15, -0.1) is 0 Å². The molecule has 0 spiro atoms. The molecule has 4 rings (SSSR count). The van der Waals surface area contributed by atoms with Gasteiger partial charge in [0.1, 0.15) is 11.5 Å². The van der Waals surface area contributed by atoms with Crippen LogP contribution in [0.5, 0.6) is 17.4 Å². The van der Waals surface area contributed by atoms with Gasteiger partial charge in [0.25, 0.3) is 5.91 Å². The molecule has 1 amide bonds. The maximum atomic E-state index is 12.6. The molecule has 6 nitrogen and oxygen atoms in total. The third kappa shape index (κ3) is 5.42. The van der Waals surface area contributed by atoms with Gasteiger partial charge >= 0.3 is 0 Å². The number of nitrogens with one attached hydrogen (secondary N) is 1. The van der Waals surface area contributed by atoms with Crippen LogP contribution in [0.15, 0.2) is 85.1 Å². The van der Waals surface area contributed by atoms with Crippen molar-refractivity contribution in [3.05, 3.63) is 101 Å². The molecule has 0 unspecified atom stereocenters. The number of rotatable bonds is 7. The molecule has 7 heteroatoms. The van der Waals surface area contributed by atoms with Gasteiger partial charge in [-0.25, -0.2) is 4.98 Å². The number of amides is 1. The Morgan fingerprint density at radius 2 is 1.75 bits per heavy atom. The van der Waals surface area contributed by atoms with E-state index in [1.165, 1.54) is 0 Å². The van der Waals surface area contributed by atoms with Gasteiger partial charge in [0.05, 0.1) is 7.11 Å². The lowest BCUT2D eigenvalue weighted by molar-refractivity contribution is 0.0951. The predicted octanol–water partition coefficient (Wildman–Crippen LogP) is 5.53. The maximum Gasteiger partial charge on any atom is 0.251 e. The summed E-state index contributed by atoms with van der Waals surface area (Å²) in [4.78, 5) is 21.4. The summed E-state index contributed by atoms with van der Waals surface area (Å²) in [5.41, 5.74) is 2.18. The van der Waals surface area contributed by atoms with Gasteiger partial charge < -0.3 is 14.8 Å². The highest BCUT2D eigenvalue weighted by molar-refractivity contribution is 6.30. The highest BCUT2D eigenvalue weighted by Crippen LogP contribution is 2.25. The van der Waals surface area contributed by atoms with E-state index >= 15 is 0 Å². The van der Waals surface area contributed by atoms with Crippen molar-refractivity contribution in [2.24, 2.45) is 0 Å². The molecule has 160 valence electrons. The topological polar surface area (TPSA) is 73.3 Å². The minimum Gasteiger partial charge on any atom is -0.497 e. The summed E-state index contributed by atoms with van der Waals surface area (Å²) in [6, 6.07) is 23.4. The first kappa shape index (κ1) is 21.3. The van der Waals surface area contributed by atoms with Crippen LogP contribution in [0.3, 0.4) is 0 Å². The second-order valence-electron chi connectivity index (χ2n) is 6.89. The molecule has 1 aromatic heterocycles. The van der Waals surface area contributed by atoms with Gasteiger partial charge in [-0.2, -0.15) is 4.98 Å². The zero-order chi connectivity index (χ0) is 22.3. The van der Waals surface area contributed by atoms with E-state index in [1.54, 1.807) is 55.8 Å². The molecule has 0 aliphatic heterocycles. The molecule has 3 aromatic carbocycles. The molecule has 0 fully saturated rings. The molecule has 0 aliphatic rings. The van der Waals surface area contributed by atoms with Crippen molar-refractivity contribution in [3.8, 4) is 28.8 Å². The minimum atomic E-state index is -0.189. The van der Waals surface area contributed by atoms with Crippen molar-refractivity contribution in [3.63, 3.8) is 0 Å². The summed E-state index contributed by atoms with van der Waals surface area (Å²) in [7, 11) is 1.60. The van der Waals surface area contributed by atoms with Crippen LogP contribution >= 0.6 is 11.6 Å². The van der Waals surface area contributed by atoms with Crippen molar-refractivity contribution < 1.29 is 14.3 Å². The van der Waals surface area contributed by atoms with Gasteiger partial charge in [0.15, 0.2) is 5.82 Å². The van der Waals surface area contributed by atoms with Crippen molar-refractivity contribution in [2.75, 3.05) is 7.11 Å². The Bertz CT molecular complexity index is 1230. The van der Waals surface area contributed by atoms with Gasteiger partial charge in [0.2, 0.25) is 5.88 Å². The van der Waals surface area contributed by atoms with Crippen LogP contribution in [-0.2, 0) is 6.54 Å². The number of hydrogen-bond donors (Lipinski definition) is 1. The van der Waals surface area contributed by atoms with Crippen LogP contribution in [-0.4, -0.2) is 23.0 Å². The van der Waals surface area contributed by atoms with E-state index in [1.807, 2.05) is 36.4 Å².